The molecule has 1 aromatic rings. The van der Waals surface area contributed by atoms with Crippen LogP contribution in [-0.4, -0.2) is 23.4 Å². The van der Waals surface area contributed by atoms with Crippen LogP contribution in [0.2, 0.25) is 0 Å². The van der Waals surface area contributed by atoms with Crippen LogP contribution in [-0.2, 0) is 11.2 Å². The van der Waals surface area contributed by atoms with Crippen molar-refractivity contribution >= 4 is 15.9 Å². The van der Waals surface area contributed by atoms with Crippen LogP contribution in [0.4, 0.5) is 0 Å². The predicted octanol–water partition coefficient (Wildman–Crippen LogP) is 3.95. The Morgan fingerprint density at radius 1 is 1.28 bits per heavy atom. The van der Waals surface area contributed by atoms with E-state index in [9.17, 15) is 5.11 Å². The van der Waals surface area contributed by atoms with Crippen molar-refractivity contribution in [1.29, 1.82) is 0 Å². The van der Waals surface area contributed by atoms with Gasteiger partial charge in [0.15, 0.2) is 0 Å². The minimum atomic E-state index is -0.471. The molecule has 0 radical (unpaired) electrons. The van der Waals surface area contributed by atoms with E-state index in [1.807, 2.05) is 31.2 Å². The van der Waals surface area contributed by atoms with Gasteiger partial charge in [-0.25, -0.2) is 0 Å². The van der Waals surface area contributed by atoms with E-state index in [1.165, 1.54) is 0 Å². The lowest BCUT2D eigenvalue weighted by Crippen LogP contribution is -2.45. The molecule has 0 aliphatic rings. The van der Waals surface area contributed by atoms with E-state index in [0.29, 0.717) is 13.0 Å². The van der Waals surface area contributed by atoms with Crippen molar-refractivity contribution in [3.05, 3.63) is 34.3 Å². The molecule has 0 aliphatic heterocycles. The molecule has 0 amide bonds. The van der Waals surface area contributed by atoms with Gasteiger partial charge in [-0.15, -0.1) is 0 Å². The highest BCUT2D eigenvalue weighted by Crippen LogP contribution is 2.27. The Labute approximate surface area is 118 Å². The molecule has 1 N–H and O–H groups in total. The zero-order valence-corrected chi connectivity index (χ0v) is 13.0. The Morgan fingerprint density at radius 3 is 2.44 bits per heavy atom. The number of ether oxygens (including phenoxy) is 1. The van der Waals surface area contributed by atoms with E-state index < -0.39 is 11.7 Å². The summed E-state index contributed by atoms with van der Waals surface area (Å²) in [6, 6.07) is 8.07. The van der Waals surface area contributed by atoms with Crippen LogP contribution >= 0.6 is 15.9 Å². The van der Waals surface area contributed by atoms with E-state index in [1.54, 1.807) is 0 Å². The molecule has 0 bridgehead atoms. The number of rotatable bonds is 7. The second kappa shape index (κ2) is 7.27. The Morgan fingerprint density at radius 2 is 1.94 bits per heavy atom. The largest absolute Gasteiger partial charge is 0.390 e. The SMILES string of the molecule is CCOC(CC)(CC)C(O)Cc1cccc(Br)c1. The summed E-state index contributed by atoms with van der Waals surface area (Å²) < 4.78 is 6.87. The molecule has 18 heavy (non-hydrogen) atoms. The fraction of sp³-hybridized carbons (Fsp3) is 0.600. The second-order valence-electron chi connectivity index (χ2n) is 4.55. The summed E-state index contributed by atoms with van der Waals surface area (Å²) >= 11 is 3.45. The van der Waals surface area contributed by atoms with Gasteiger partial charge in [-0.2, -0.15) is 0 Å². The molecular weight excluding hydrogens is 292 g/mol. The number of hydrogen-bond donors (Lipinski definition) is 1. The van der Waals surface area contributed by atoms with Crippen LogP contribution < -0.4 is 0 Å². The van der Waals surface area contributed by atoms with Crippen molar-refractivity contribution in [3.63, 3.8) is 0 Å². The summed E-state index contributed by atoms with van der Waals surface area (Å²) in [7, 11) is 0. The lowest BCUT2D eigenvalue weighted by Gasteiger charge is -2.36. The molecule has 2 nitrogen and oxygen atoms in total. The molecule has 1 rings (SSSR count). The van der Waals surface area contributed by atoms with E-state index >= 15 is 0 Å². The highest BCUT2D eigenvalue weighted by Gasteiger charge is 2.35. The molecule has 1 aromatic carbocycles. The number of aliphatic hydroxyl groups excluding tert-OH is 1. The normalized spacial score (nSPS) is 13.6. The molecule has 102 valence electrons. The van der Waals surface area contributed by atoms with Crippen LogP contribution in [0.5, 0.6) is 0 Å². The Hall–Kier alpha value is -0.380. The first-order valence-electron chi connectivity index (χ1n) is 6.64. The second-order valence-corrected chi connectivity index (χ2v) is 5.47. The van der Waals surface area contributed by atoms with Gasteiger partial charge in [0, 0.05) is 17.5 Å². The van der Waals surface area contributed by atoms with Gasteiger partial charge >= 0.3 is 0 Å². The van der Waals surface area contributed by atoms with Crippen molar-refractivity contribution in [2.45, 2.75) is 51.7 Å². The standard InChI is InChI=1S/C15H23BrO2/c1-4-15(5-2,18-6-3)14(17)11-12-8-7-9-13(16)10-12/h7-10,14,17H,4-6,11H2,1-3H3. The summed E-state index contributed by atoms with van der Waals surface area (Å²) in [5.74, 6) is 0. The third kappa shape index (κ3) is 3.81. The number of hydrogen-bond acceptors (Lipinski definition) is 2. The molecule has 0 heterocycles. The van der Waals surface area contributed by atoms with Gasteiger partial charge in [0.2, 0.25) is 0 Å². The van der Waals surface area contributed by atoms with Gasteiger partial charge in [0.1, 0.15) is 0 Å². The van der Waals surface area contributed by atoms with Gasteiger partial charge in [0.05, 0.1) is 11.7 Å². The Balaban J connectivity index is 2.81. The van der Waals surface area contributed by atoms with Gasteiger partial charge in [-0.3, -0.25) is 0 Å². The number of aliphatic hydroxyl groups is 1. The minimum absolute atomic E-state index is 0.420. The van der Waals surface area contributed by atoms with Crippen LogP contribution in [0.3, 0.4) is 0 Å². The molecule has 0 saturated heterocycles. The van der Waals surface area contributed by atoms with Gasteiger partial charge < -0.3 is 9.84 Å². The highest BCUT2D eigenvalue weighted by molar-refractivity contribution is 9.10. The molecule has 0 fully saturated rings. The summed E-state index contributed by atoms with van der Waals surface area (Å²) in [4.78, 5) is 0. The molecule has 0 saturated carbocycles. The van der Waals surface area contributed by atoms with Crippen molar-refractivity contribution in [3.8, 4) is 0 Å². The highest BCUT2D eigenvalue weighted by atomic mass is 79.9. The first-order chi connectivity index (χ1) is 8.57. The summed E-state index contributed by atoms with van der Waals surface area (Å²) in [6.45, 7) is 6.76. The van der Waals surface area contributed by atoms with Crippen LogP contribution in [0.1, 0.15) is 39.2 Å². The Bertz CT molecular complexity index is 361. The zero-order chi connectivity index (χ0) is 13.6. The fourth-order valence-electron chi connectivity index (χ4n) is 2.38. The fourth-order valence-corrected chi connectivity index (χ4v) is 2.83. The van der Waals surface area contributed by atoms with Crippen molar-refractivity contribution < 1.29 is 9.84 Å². The average molecular weight is 315 g/mol. The monoisotopic (exact) mass is 314 g/mol. The summed E-state index contributed by atoms with van der Waals surface area (Å²) in [6.07, 6.45) is 1.81. The quantitative estimate of drug-likeness (QED) is 0.825. The van der Waals surface area contributed by atoms with Crippen molar-refractivity contribution in [2.24, 2.45) is 0 Å². The third-order valence-electron chi connectivity index (χ3n) is 3.55. The molecule has 0 aromatic heterocycles. The molecule has 1 atom stereocenters. The molecule has 3 heteroatoms. The van der Waals surface area contributed by atoms with E-state index in [2.05, 4.69) is 29.8 Å². The van der Waals surface area contributed by atoms with E-state index in [4.69, 9.17) is 4.74 Å². The average Bonchev–Trinajstić information content (AvgIpc) is 2.36. The topological polar surface area (TPSA) is 29.5 Å². The lowest BCUT2D eigenvalue weighted by molar-refractivity contribution is -0.124. The number of halogens is 1. The first-order valence-corrected chi connectivity index (χ1v) is 7.43. The Kier molecular flexibility index (Phi) is 6.33. The van der Waals surface area contributed by atoms with Crippen LogP contribution in [0.25, 0.3) is 0 Å². The molecule has 0 aliphatic carbocycles. The van der Waals surface area contributed by atoms with Gasteiger partial charge in [-0.1, -0.05) is 41.9 Å². The third-order valence-corrected chi connectivity index (χ3v) is 4.05. The maximum atomic E-state index is 10.5. The van der Waals surface area contributed by atoms with E-state index in [-0.39, 0.29) is 0 Å². The van der Waals surface area contributed by atoms with Crippen LogP contribution in [0, 0.1) is 0 Å². The molecule has 0 spiro atoms. The maximum absolute atomic E-state index is 10.5. The van der Waals surface area contributed by atoms with Crippen molar-refractivity contribution in [2.75, 3.05) is 6.61 Å². The summed E-state index contributed by atoms with van der Waals surface area (Å²) in [5.41, 5.74) is 0.708. The number of benzene rings is 1. The lowest BCUT2D eigenvalue weighted by atomic mass is 9.86. The van der Waals surface area contributed by atoms with Crippen LogP contribution in [0.15, 0.2) is 28.7 Å². The summed E-state index contributed by atoms with van der Waals surface area (Å²) in [5, 5.41) is 10.5. The molecular formula is C15H23BrO2. The van der Waals surface area contributed by atoms with E-state index in [0.717, 1.165) is 22.9 Å². The minimum Gasteiger partial charge on any atom is -0.390 e. The first kappa shape index (κ1) is 15.7. The predicted molar refractivity (Wildman–Crippen MR) is 78.8 cm³/mol. The van der Waals surface area contributed by atoms with Gasteiger partial charge in [0.25, 0.3) is 0 Å². The maximum Gasteiger partial charge on any atom is 0.0938 e. The zero-order valence-electron chi connectivity index (χ0n) is 11.4. The smallest absolute Gasteiger partial charge is 0.0938 e. The van der Waals surface area contributed by atoms with Crippen molar-refractivity contribution in [1.82, 2.24) is 0 Å². The molecule has 1 unspecified atom stereocenters. The van der Waals surface area contributed by atoms with Gasteiger partial charge in [-0.05, 0) is 37.5 Å².